The predicted octanol–water partition coefficient (Wildman–Crippen LogP) is 2.96. The summed E-state index contributed by atoms with van der Waals surface area (Å²) >= 11 is 0. The number of carbonyl (C=O) groups is 2. The number of hydrogen-bond donors (Lipinski definition) is 1. The van der Waals surface area contributed by atoms with Gasteiger partial charge in [0.1, 0.15) is 0 Å². The van der Waals surface area contributed by atoms with Gasteiger partial charge in [0.2, 0.25) is 5.91 Å². The van der Waals surface area contributed by atoms with E-state index in [1.54, 1.807) is 4.90 Å². The normalized spacial score (nSPS) is 22.5. The van der Waals surface area contributed by atoms with Crippen molar-refractivity contribution in [2.45, 2.75) is 31.9 Å². The molecular formula is C17H18F3NO3. The van der Waals surface area contributed by atoms with Gasteiger partial charge in [0, 0.05) is 13.1 Å². The highest BCUT2D eigenvalue weighted by atomic mass is 19.4. The summed E-state index contributed by atoms with van der Waals surface area (Å²) < 4.78 is 38.1. The molecule has 1 amide bonds. The highest BCUT2D eigenvalue weighted by Crippen LogP contribution is 2.59. The van der Waals surface area contributed by atoms with Crippen molar-refractivity contribution in [3.05, 3.63) is 35.4 Å². The highest BCUT2D eigenvalue weighted by Gasteiger charge is 2.59. The van der Waals surface area contributed by atoms with E-state index in [0.717, 1.165) is 12.1 Å². The molecule has 0 radical (unpaired) electrons. The van der Waals surface area contributed by atoms with Crippen molar-refractivity contribution in [3.63, 3.8) is 0 Å². The molecule has 1 N–H and O–H groups in total. The Morgan fingerprint density at radius 3 is 2.46 bits per heavy atom. The number of nitrogens with zero attached hydrogens (tertiary/aromatic N) is 1. The van der Waals surface area contributed by atoms with E-state index in [9.17, 15) is 22.8 Å². The topological polar surface area (TPSA) is 57.6 Å². The van der Waals surface area contributed by atoms with Crippen LogP contribution in [0.15, 0.2) is 24.3 Å². The molecule has 0 bridgehead atoms. The van der Waals surface area contributed by atoms with Crippen LogP contribution in [-0.2, 0) is 22.2 Å². The van der Waals surface area contributed by atoms with Crippen LogP contribution in [0.25, 0.3) is 0 Å². The van der Waals surface area contributed by atoms with E-state index in [4.69, 9.17) is 5.11 Å². The van der Waals surface area contributed by atoms with Crippen LogP contribution in [0.2, 0.25) is 0 Å². The van der Waals surface area contributed by atoms with Gasteiger partial charge in [0.25, 0.3) is 0 Å². The fourth-order valence-corrected chi connectivity index (χ4v) is 3.59. The molecule has 7 heteroatoms. The SMILES string of the molecule is O=C(O)C1CC12CCN(C(=O)Cc1cccc(C(F)(F)F)c1)CC2. The monoisotopic (exact) mass is 341 g/mol. The summed E-state index contributed by atoms with van der Waals surface area (Å²) in [4.78, 5) is 25.0. The number of carbonyl (C=O) groups excluding carboxylic acids is 1. The number of alkyl halides is 3. The molecule has 1 saturated carbocycles. The van der Waals surface area contributed by atoms with Crippen LogP contribution in [0.3, 0.4) is 0 Å². The first-order valence-corrected chi connectivity index (χ1v) is 7.88. The zero-order valence-electron chi connectivity index (χ0n) is 13.0. The van der Waals surface area contributed by atoms with Crippen LogP contribution in [0.4, 0.5) is 13.2 Å². The second kappa shape index (κ2) is 5.79. The molecule has 1 spiro atoms. The number of rotatable bonds is 3. The van der Waals surface area contributed by atoms with E-state index in [1.807, 2.05) is 0 Å². The van der Waals surface area contributed by atoms with E-state index >= 15 is 0 Å². The lowest BCUT2D eigenvalue weighted by Crippen LogP contribution is -2.40. The summed E-state index contributed by atoms with van der Waals surface area (Å²) in [5.41, 5.74) is -0.587. The van der Waals surface area contributed by atoms with Crippen molar-refractivity contribution in [1.29, 1.82) is 0 Å². The molecular weight excluding hydrogens is 323 g/mol. The summed E-state index contributed by atoms with van der Waals surface area (Å²) in [6.07, 6.45) is -2.53. The van der Waals surface area contributed by atoms with E-state index in [-0.39, 0.29) is 23.7 Å². The maximum Gasteiger partial charge on any atom is 0.416 e. The van der Waals surface area contributed by atoms with Crippen LogP contribution >= 0.6 is 0 Å². The molecule has 2 aliphatic rings. The predicted molar refractivity (Wildman–Crippen MR) is 79.1 cm³/mol. The number of amides is 1. The van der Waals surface area contributed by atoms with Crippen LogP contribution in [0.1, 0.15) is 30.4 Å². The molecule has 1 aromatic carbocycles. The van der Waals surface area contributed by atoms with Crippen molar-refractivity contribution in [3.8, 4) is 0 Å². The van der Waals surface area contributed by atoms with Crippen molar-refractivity contribution < 1.29 is 27.9 Å². The fraction of sp³-hybridized carbons (Fsp3) is 0.529. The number of benzene rings is 1. The Morgan fingerprint density at radius 1 is 1.25 bits per heavy atom. The maximum absolute atomic E-state index is 12.7. The zero-order valence-corrected chi connectivity index (χ0v) is 13.0. The Bertz CT molecular complexity index is 663. The van der Waals surface area contributed by atoms with Gasteiger partial charge in [-0.1, -0.05) is 18.2 Å². The standard InChI is InChI=1S/C17H18F3NO3/c18-17(19,20)12-3-1-2-11(8-12)9-14(22)21-6-4-16(5-7-21)10-13(16)15(23)24/h1-3,8,13H,4-7,9-10H2,(H,23,24). The molecule has 2 fully saturated rings. The van der Waals surface area contributed by atoms with Crippen LogP contribution in [0.5, 0.6) is 0 Å². The summed E-state index contributed by atoms with van der Waals surface area (Å²) in [7, 11) is 0. The Kier molecular flexibility index (Phi) is 4.05. The van der Waals surface area contributed by atoms with E-state index < -0.39 is 17.7 Å². The number of piperidine rings is 1. The quantitative estimate of drug-likeness (QED) is 0.920. The lowest BCUT2D eigenvalue weighted by atomic mass is 9.90. The van der Waals surface area contributed by atoms with Crippen molar-refractivity contribution >= 4 is 11.9 Å². The number of likely N-dealkylation sites (tertiary alicyclic amines) is 1. The zero-order chi connectivity index (χ0) is 17.5. The fourth-order valence-electron chi connectivity index (χ4n) is 3.59. The van der Waals surface area contributed by atoms with Gasteiger partial charge in [0.15, 0.2) is 0 Å². The first-order chi connectivity index (χ1) is 11.2. The summed E-state index contributed by atoms with van der Waals surface area (Å²) in [6, 6.07) is 4.81. The molecule has 0 aromatic heterocycles. The number of aliphatic carboxylic acids is 1. The molecule has 1 aliphatic heterocycles. The molecule has 1 heterocycles. The Labute approximate surface area is 137 Å². The minimum absolute atomic E-state index is 0.0702. The Balaban J connectivity index is 1.58. The van der Waals surface area contributed by atoms with Crippen molar-refractivity contribution in [1.82, 2.24) is 4.90 Å². The Morgan fingerprint density at radius 2 is 1.92 bits per heavy atom. The maximum atomic E-state index is 12.7. The number of carboxylic acids is 1. The highest BCUT2D eigenvalue weighted by molar-refractivity contribution is 5.79. The minimum Gasteiger partial charge on any atom is -0.481 e. The van der Waals surface area contributed by atoms with Crippen LogP contribution in [0, 0.1) is 11.3 Å². The summed E-state index contributed by atoms with van der Waals surface area (Å²) in [6.45, 7) is 0.948. The molecule has 1 aliphatic carbocycles. The largest absolute Gasteiger partial charge is 0.481 e. The molecule has 1 atom stereocenters. The van der Waals surface area contributed by atoms with Gasteiger partial charge in [-0.15, -0.1) is 0 Å². The average Bonchev–Trinajstić information content (AvgIpc) is 3.21. The van der Waals surface area contributed by atoms with Crippen LogP contribution < -0.4 is 0 Å². The molecule has 3 rings (SSSR count). The van der Waals surface area contributed by atoms with Gasteiger partial charge < -0.3 is 10.0 Å². The molecule has 1 unspecified atom stereocenters. The molecule has 24 heavy (non-hydrogen) atoms. The van der Waals surface area contributed by atoms with Gasteiger partial charge in [-0.3, -0.25) is 9.59 Å². The first kappa shape index (κ1) is 16.8. The number of halogens is 3. The smallest absolute Gasteiger partial charge is 0.416 e. The molecule has 1 aromatic rings. The van der Waals surface area contributed by atoms with Gasteiger partial charge in [0.05, 0.1) is 17.9 Å². The van der Waals surface area contributed by atoms with Crippen molar-refractivity contribution in [2.75, 3.05) is 13.1 Å². The average molecular weight is 341 g/mol. The van der Waals surface area contributed by atoms with Gasteiger partial charge >= 0.3 is 12.1 Å². The number of carboxylic acid groups (broad SMARTS) is 1. The molecule has 4 nitrogen and oxygen atoms in total. The summed E-state index contributed by atoms with van der Waals surface area (Å²) in [5, 5.41) is 9.06. The minimum atomic E-state index is -4.42. The van der Waals surface area contributed by atoms with Gasteiger partial charge in [-0.25, -0.2) is 0 Å². The van der Waals surface area contributed by atoms with Crippen LogP contribution in [-0.4, -0.2) is 35.0 Å². The lowest BCUT2D eigenvalue weighted by molar-refractivity contribution is -0.140. The van der Waals surface area contributed by atoms with Gasteiger partial charge in [-0.2, -0.15) is 13.2 Å². The second-order valence-electron chi connectivity index (χ2n) is 6.71. The molecule has 1 saturated heterocycles. The number of hydrogen-bond acceptors (Lipinski definition) is 2. The Hall–Kier alpha value is -2.05. The third kappa shape index (κ3) is 3.25. The van der Waals surface area contributed by atoms with Crippen molar-refractivity contribution in [2.24, 2.45) is 11.3 Å². The van der Waals surface area contributed by atoms with Gasteiger partial charge in [-0.05, 0) is 36.3 Å². The summed E-state index contributed by atoms with van der Waals surface area (Å²) in [5.74, 6) is -1.30. The van der Waals surface area contributed by atoms with E-state index in [0.29, 0.717) is 37.9 Å². The molecule has 130 valence electrons. The third-order valence-electron chi connectivity index (χ3n) is 5.21. The van der Waals surface area contributed by atoms with E-state index in [2.05, 4.69) is 0 Å². The lowest BCUT2D eigenvalue weighted by Gasteiger charge is -2.32. The second-order valence-corrected chi connectivity index (χ2v) is 6.71. The van der Waals surface area contributed by atoms with E-state index in [1.165, 1.54) is 12.1 Å². The third-order valence-corrected chi connectivity index (χ3v) is 5.21. The first-order valence-electron chi connectivity index (χ1n) is 7.88.